The molecule has 0 amide bonds. The predicted octanol–water partition coefficient (Wildman–Crippen LogP) is 14.3. The first kappa shape index (κ1) is 31.4. The van der Waals surface area contributed by atoms with Crippen molar-refractivity contribution in [1.29, 1.82) is 0 Å². The number of hydrogen-bond donors (Lipinski definition) is 0. The summed E-state index contributed by atoms with van der Waals surface area (Å²) in [7, 11) is 0. The Morgan fingerprint density at radius 2 is 1.27 bits per heavy atom. The van der Waals surface area contributed by atoms with E-state index in [1.165, 1.54) is 33.0 Å². The number of rotatable bonds is 6. The molecule has 0 atom stereocenters. The number of benzene rings is 8. The van der Waals surface area contributed by atoms with Crippen LogP contribution in [0.3, 0.4) is 0 Å². The van der Waals surface area contributed by atoms with Crippen molar-refractivity contribution in [3.8, 4) is 33.7 Å². The van der Waals surface area contributed by atoms with Crippen LogP contribution in [0, 0.1) is 0 Å². The largest absolute Gasteiger partial charge is 0.456 e. The maximum atomic E-state index is 6.42. The third kappa shape index (κ3) is 5.33. The number of nitrogens with zero attached hydrogens (tertiary/aromatic N) is 2. The summed E-state index contributed by atoms with van der Waals surface area (Å²) in [6, 6.07) is 60.1. The van der Waals surface area contributed by atoms with Crippen molar-refractivity contribution in [2.45, 2.75) is 12.8 Å². The maximum Gasteiger partial charge on any atom is 0.227 e. The molecule has 0 saturated heterocycles. The highest BCUT2D eigenvalue weighted by atomic mass is 16.4. The highest BCUT2D eigenvalue weighted by molar-refractivity contribution is 6.17. The SMILES string of the molecule is C1=Cc2c(ccc3cc(N(c4ccc(-c5ccc6oc7ccc8nc(-c9ccccc9)oc8c7c6c5)cc4)c4ccccc4-c4ccccc4)ccc23)CC1. The minimum atomic E-state index is 0.602. The van der Waals surface area contributed by atoms with Gasteiger partial charge in [-0.1, -0.05) is 115 Å². The molecule has 0 N–H and O–H groups in total. The van der Waals surface area contributed by atoms with Crippen molar-refractivity contribution in [1.82, 2.24) is 4.98 Å². The molecule has 2 aromatic heterocycles. The topological polar surface area (TPSA) is 42.4 Å². The molecule has 0 aliphatic heterocycles. The number of aryl methyl sites for hydroxylation is 1. The van der Waals surface area contributed by atoms with E-state index in [9.17, 15) is 0 Å². The molecule has 0 spiro atoms. The highest BCUT2D eigenvalue weighted by Crippen LogP contribution is 2.44. The molecule has 10 aromatic rings. The number of anilines is 3. The Balaban J connectivity index is 1.03. The molecule has 0 bridgehead atoms. The lowest BCUT2D eigenvalue weighted by Gasteiger charge is -2.28. The van der Waals surface area contributed by atoms with E-state index in [1.807, 2.05) is 42.5 Å². The molecule has 11 rings (SSSR count). The molecule has 0 saturated carbocycles. The molecule has 0 fully saturated rings. The lowest BCUT2D eigenvalue weighted by atomic mass is 9.92. The average molecular weight is 707 g/mol. The Morgan fingerprint density at radius 3 is 2.13 bits per heavy atom. The highest BCUT2D eigenvalue weighted by Gasteiger charge is 2.20. The van der Waals surface area contributed by atoms with Crippen LogP contribution in [0.1, 0.15) is 17.5 Å². The number of hydrogen-bond acceptors (Lipinski definition) is 4. The van der Waals surface area contributed by atoms with Crippen LogP contribution >= 0.6 is 0 Å². The minimum Gasteiger partial charge on any atom is -0.456 e. The average Bonchev–Trinajstić information content (AvgIpc) is 3.86. The van der Waals surface area contributed by atoms with Gasteiger partial charge in [0, 0.05) is 27.9 Å². The smallest absolute Gasteiger partial charge is 0.227 e. The number of allylic oxidation sites excluding steroid dienone is 1. The van der Waals surface area contributed by atoms with Crippen molar-refractivity contribution in [3.05, 3.63) is 187 Å². The zero-order valence-electron chi connectivity index (χ0n) is 29.9. The van der Waals surface area contributed by atoms with Gasteiger partial charge in [-0.3, -0.25) is 0 Å². The van der Waals surface area contributed by atoms with Crippen molar-refractivity contribution < 1.29 is 8.83 Å². The molecule has 2 heterocycles. The van der Waals surface area contributed by atoms with Gasteiger partial charge in [0.1, 0.15) is 16.7 Å². The predicted molar refractivity (Wildman–Crippen MR) is 227 cm³/mol. The van der Waals surface area contributed by atoms with Crippen LogP contribution in [-0.4, -0.2) is 4.98 Å². The van der Waals surface area contributed by atoms with E-state index in [4.69, 9.17) is 13.8 Å². The van der Waals surface area contributed by atoms with E-state index in [1.54, 1.807) is 0 Å². The van der Waals surface area contributed by atoms with Gasteiger partial charge in [0.2, 0.25) is 5.89 Å². The summed E-state index contributed by atoms with van der Waals surface area (Å²) in [6.45, 7) is 0. The fraction of sp³-hybridized carbons (Fsp3) is 0.0392. The van der Waals surface area contributed by atoms with Crippen molar-refractivity contribution in [2.75, 3.05) is 4.90 Å². The molecule has 0 radical (unpaired) electrons. The van der Waals surface area contributed by atoms with Gasteiger partial charge in [0.15, 0.2) is 5.58 Å². The van der Waals surface area contributed by atoms with Crippen LogP contribution in [0.2, 0.25) is 0 Å². The molecule has 0 unspecified atom stereocenters. The second-order valence-electron chi connectivity index (χ2n) is 14.2. The molecule has 55 heavy (non-hydrogen) atoms. The standard InChI is InChI=1S/C51H34N2O2/c1-3-11-34(12-4-1)43-17-9-10-18-46(43)53(40-26-27-42-38(31-40)20-19-35-13-7-8-16-41(35)42)39-24-21-33(22-25-39)37-23-29-47-44(32-37)49-48(54-47)30-28-45-50(49)55-51(52-45)36-14-5-2-6-15-36/h1-6,8-12,14-32H,7,13H2. The second-order valence-corrected chi connectivity index (χ2v) is 14.2. The van der Waals surface area contributed by atoms with E-state index in [0.29, 0.717) is 5.89 Å². The van der Waals surface area contributed by atoms with E-state index in [-0.39, 0.29) is 0 Å². The van der Waals surface area contributed by atoms with E-state index in [0.717, 1.165) is 79.6 Å². The summed E-state index contributed by atoms with van der Waals surface area (Å²) >= 11 is 0. The first-order valence-electron chi connectivity index (χ1n) is 18.8. The lowest BCUT2D eigenvalue weighted by molar-refractivity contribution is 0.622. The quantitative estimate of drug-likeness (QED) is 0.173. The second kappa shape index (κ2) is 12.8. The summed E-state index contributed by atoms with van der Waals surface area (Å²) in [4.78, 5) is 7.21. The Hall–Kier alpha value is -7.17. The van der Waals surface area contributed by atoms with E-state index in [2.05, 4.69) is 144 Å². The molecule has 1 aliphatic carbocycles. The monoisotopic (exact) mass is 706 g/mol. The van der Waals surface area contributed by atoms with Crippen molar-refractivity contribution >= 4 is 66.9 Å². The van der Waals surface area contributed by atoms with Crippen LogP contribution in [0.25, 0.3) is 83.6 Å². The zero-order chi connectivity index (χ0) is 36.3. The van der Waals surface area contributed by atoms with E-state index >= 15 is 0 Å². The molecular weight excluding hydrogens is 673 g/mol. The van der Waals surface area contributed by atoms with Gasteiger partial charge in [-0.2, -0.15) is 0 Å². The zero-order valence-corrected chi connectivity index (χ0v) is 29.9. The Kier molecular flexibility index (Phi) is 7.27. The first-order valence-corrected chi connectivity index (χ1v) is 18.8. The lowest BCUT2D eigenvalue weighted by Crippen LogP contribution is -2.11. The Morgan fingerprint density at radius 1 is 0.527 bits per heavy atom. The van der Waals surface area contributed by atoms with Crippen LogP contribution in [0.15, 0.2) is 185 Å². The van der Waals surface area contributed by atoms with Crippen LogP contribution in [0.4, 0.5) is 17.1 Å². The molecular formula is C51H34N2O2. The summed E-state index contributed by atoms with van der Waals surface area (Å²) < 4.78 is 12.7. The first-order chi connectivity index (χ1) is 27.2. The number of oxazole rings is 1. The van der Waals surface area contributed by atoms with Gasteiger partial charge < -0.3 is 13.7 Å². The van der Waals surface area contributed by atoms with Crippen LogP contribution in [0.5, 0.6) is 0 Å². The Labute approximate surface area is 318 Å². The number of para-hydroxylation sites is 1. The third-order valence-electron chi connectivity index (χ3n) is 11.0. The van der Waals surface area contributed by atoms with Crippen molar-refractivity contribution in [3.63, 3.8) is 0 Å². The van der Waals surface area contributed by atoms with Crippen LogP contribution in [-0.2, 0) is 6.42 Å². The fourth-order valence-electron chi connectivity index (χ4n) is 8.27. The molecule has 8 aromatic carbocycles. The fourth-order valence-corrected chi connectivity index (χ4v) is 8.27. The summed E-state index contributed by atoms with van der Waals surface area (Å²) in [5, 5.41) is 4.48. The molecule has 260 valence electrons. The Bertz CT molecular complexity index is 3080. The van der Waals surface area contributed by atoms with Gasteiger partial charge in [-0.05, 0) is 118 Å². The summed E-state index contributed by atoms with van der Waals surface area (Å²) in [5.41, 5.74) is 14.7. The van der Waals surface area contributed by atoms with Gasteiger partial charge >= 0.3 is 0 Å². The molecule has 4 heteroatoms. The minimum absolute atomic E-state index is 0.602. The van der Waals surface area contributed by atoms with Crippen molar-refractivity contribution in [2.24, 2.45) is 0 Å². The normalized spacial score (nSPS) is 12.5. The van der Waals surface area contributed by atoms with Gasteiger partial charge in [-0.25, -0.2) is 4.98 Å². The van der Waals surface area contributed by atoms with Gasteiger partial charge in [0.05, 0.1) is 11.1 Å². The summed E-state index contributed by atoms with van der Waals surface area (Å²) in [6.07, 6.45) is 6.78. The number of aromatic nitrogens is 1. The molecule has 1 aliphatic rings. The number of fused-ring (bicyclic) bond motifs is 8. The molecule has 4 nitrogen and oxygen atoms in total. The van der Waals surface area contributed by atoms with Gasteiger partial charge in [0.25, 0.3) is 0 Å². The van der Waals surface area contributed by atoms with Crippen LogP contribution < -0.4 is 4.90 Å². The number of furan rings is 1. The summed E-state index contributed by atoms with van der Waals surface area (Å²) in [5.74, 6) is 0.602. The van der Waals surface area contributed by atoms with E-state index < -0.39 is 0 Å². The maximum absolute atomic E-state index is 6.42. The third-order valence-corrected chi connectivity index (χ3v) is 11.0. The van der Waals surface area contributed by atoms with Gasteiger partial charge in [-0.15, -0.1) is 0 Å².